The highest BCUT2D eigenvalue weighted by Gasteiger charge is 2.19. The molecular formula is C11H21N2+. The Morgan fingerprint density at radius 2 is 1.77 bits per heavy atom. The fraction of sp³-hybridized carbons (Fsp3) is 0.727. The molecule has 2 heteroatoms. The number of hydrogen-bond donors (Lipinski definition) is 0. The molecule has 0 amide bonds. The molecule has 0 radical (unpaired) electrons. The van der Waals surface area contributed by atoms with E-state index in [0.717, 1.165) is 6.54 Å². The smallest absolute Gasteiger partial charge is 0.234 e. The van der Waals surface area contributed by atoms with Gasteiger partial charge < -0.3 is 0 Å². The van der Waals surface area contributed by atoms with Crippen molar-refractivity contribution in [1.29, 1.82) is 0 Å². The number of imidazole rings is 1. The van der Waals surface area contributed by atoms with E-state index in [2.05, 4.69) is 50.8 Å². The predicted molar refractivity (Wildman–Crippen MR) is 54.7 cm³/mol. The highest BCUT2D eigenvalue weighted by molar-refractivity contribution is 5.06. The summed E-state index contributed by atoms with van der Waals surface area (Å²) in [6, 6.07) is 0. The SMILES string of the molecule is Cc1c(C)[n+](C)c(C)n1CC(C)C. The van der Waals surface area contributed by atoms with Gasteiger partial charge in [-0.05, 0) is 5.92 Å². The van der Waals surface area contributed by atoms with Crippen LogP contribution in [0.5, 0.6) is 0 Å². The number of aromatic nitrogens is 2. The monoisotopic (exact) mass is 181 g/mol. The van der Waals surface area contributed by atoms with Gasteiger partial charge in [0.15, 0.2) is 0 Å². The van der Waals surface area contributed by atoms with Gasteiger partial charge in [-0.3, -0.25) is 0 Å². The van der Waals surface area contributed by atoms with Crippen LogP contribution in [-0.2, 0) is 13.6 Å². The van der Waals surface area contributed by atoms with Gasteiger partial charge in [0.1, 0.15) is 11.4 Å². The maximum atomic E-state index is 2.40. The Kier molecular flexibility index (Phi) is 2.79. The topological polar surface area (TPSA) is 8.81 Å². The quantitative estimate of drug-likeness (QED) is 0.616. The Hall–Kier alpha value is -0.790. The summed E-state index contributed by atoms with van der Waals surface area (Å²) in [5.74, 6) is 2.06. The molecule has 13 heavy (non-hydrogen) atoms. The van der Waals surface area contributed by atoms with Crippen molar-refractivity contribution in [1.82, 2.24) is 4.57 Å². The van der Waals surface area contributed by atoms with Crippen LogP contribution in [0.25, 0.3) is 0 Å². The Bertz CT molecular complexity index is 283. The lowest BCUT2D eigenvalue weighted by Crippen LogP contribution is -2.33. The maximum absolute atomic E-state index is 2.40. The summed E-state index contributed by atoms with van der Waals surface area (Å²) < 4.78 is 4.66. The third-order valence-corrected chi connectivity index (χ3v) is 2.86. The third kappa shape index (κ3) is 1.77. The Labute approximate surface area is 81.2 Å². The molecule has 2 nitrogen and oxygen atoms in total. The number of rotatable bonds is 2. The van der Waals surface area contributed by atoms with Gasteiger partial charge in [-0.15, -0.1) is 0 Å². The molecule has 0 aromatic carbocycles. The molecule has 0 spiro atoms. The highest BCUT2D eigenvalue weighted by atomic mass is 15.2. The van der Waals surface area contributed by atoms with Crippen molar-refractivity contribution in [2.24, 2.45) is 13.0 Å². The zero-order valence-corrected chi connectivity index (χ0v) is 9.68. The first-order valence-corrected chi connectivity index (χ1v) is 4.97. The molecule has 0 aliphatic rings. The van der Waals surface area contributed by atoms with E-state index in [4.69, 9.17) is 0 Å². The first kappa shape index (κ1) is 10.3. The molecule has 0 atom stereocenters. The lowest BCUT2D eigenvalue weighted by Gasteiger charge is -2.03. The van der Waals surface area contributed by atoms with E-state index in [1.807, 2.05) is 0 Å². The van der Waals surface area contributed by atoms with E-state index in [0.29, 0.717) is 5.92 Å². The van der Waals surface area contributed by atoms with E-state index >= 15 is 0 Å². The summed E-state index contributed by atoms with van der Waals surface area (Å²) in [4.78, 5) is 0. The Balaban J connectivity index is 3.13. The third-order valence-electron chi connectivity index (χ3n) is 2.86. The summed E-state index contributed by atoms with van der Waals surface area (Å²) >= 11 is 0. The van der Waals surface area contributed by atoms with Gasteiger partial charge in [0.2, 0.25) is 0 Å². The highest BCUT2D eigenvalue weighted by Crippen LogP contribution is 2.09. The molecule has 1 heterocycles. The minimum Gasteiger partial charge on any atom is -0.234 e. The zero-order valence-electron chi connectivity index (χ0n) is 9.68. The number of nitrogens with zero attached hydrogens (tertiary/aromatic N) is 2. The standard InChI is InChI=1S/C11H21N2/c1-8(2)7-13-10(4)9(3)12(6)11(13)5/h8H,7H2,1-6H3/q+1. The average Bonchev–Trinajstić information content (AvgIpc) is 2.22. The van der Waals surface area contributed by atoms with Gasteiger partial charge in [0.05, 0.1) is 13.6 Å². The van der Waals surface area contributed by atoms with Gasteiger partial charge >= 0.3 is 0 Å². The first-order valence-electron chi connectivity index (χ1n) is 4.97. The molecule has 0 aliphatic carbocycles. The summed E-state index contributed by atoms with van der Waals surface area (Å²) in [5.41, 5.74) is 2.77. The summed E-state index contributed by atoms with van der Waals surface area (Å²) in [5, 5.41) is 0. The van der Waals surface area contributed by atoms with Crippen LogP contribution in [0.15, 0.2) is 0 Å². The molecule has 1 rings (SSSR count). The molecule has 1 aromatic rings. The summed E-state index contributed by atoms with van der Waals surface area (Å²) in [6.07, 6.45) is 0. The molecule has 0 bridgehead atoms. The molecule has 0 saturated carbocycles. The second-order valence-corrected chi connectivity index (χ2v) is 4.28. The lowest BCUT2D eigenvalue weighted by atomic mass is 10.2. The molecule has 0 N–H and O–H groups in total. The number of hydrogen-bond acceptors (Lipinski definition) is 0. The van der Waals surface area contributed by atoms with Crippen molar-refractivity contribution in [3.8, 4) is 0 Å². The second kappa shape index (κ2) is 3.52. The van der Waals surface area contributed by atoms with Crippen molar-refractivity contribution in [2.45, 2.75) is 41.2 Å². The Morgan fingerprint density at radius 3 is 2.08 bits per heavy atom. The van der Waals surface area contributed by atoms with Gasteiger partial charge in [-0.2, -0.15) is 0 Å². The van der Waals surface area contributed by atoms with Crippen LogP contribution in [0.2, 0.25) is 0 Å². The molecule has 1 aromatic heterocycles. The normalized spacial score (nSPS) is 11.3. The Morgan fingerprint density at radius 1 is 1.23 bits per heavy atom. The van der Waals surface area contributed by atoms with E-state index in [1.54, 1.807) is 0 Å². The van der Waals surface area contributed by atoms with Crippen LogP contribution in [0.3, 0.4) is 0 Å². The van der Waals surface area contributed by atoms with Gasteiger partial charge in [-0.1, -0.05) is 13.8 Å². The molecule has 74 valence electrons. The fourth-order valence-electron chi connectivity index (χ4n) is 1.74. The average molecular weight is 181 g/mol. The van der Waals surface area contributed by atoms with Crippen LogP contribution < -0.4 is 4.57 Å². The predicted octanol–water partition coefficient (Wildman–Crippen LogP) is 1.89. The minimum absolute atomic E-state index is 0.712. The van der Waals surface area contributed by atoms with Crippen LogP contribution in [0.1, 0.15) is 31.1 Å². The summed E-state index contributed by atoms with van der Waals surface area (Å²) in [6.45, 7) is 12.2. The zero-order chi connectivity index (χ0) is 10.2. The molecule has 0 fully saturated rings. The van der Waals surface area contributed by atoms with Crippen LogP contribution in [0.4, 0.5) is 0 Å². The van der Waals surface area contributed by atoms with Gasteiger partial charge in [0, 0.05) is 20.8 Å². The maximum Gasteiger partial charge on any atom is 0.253 e. The summed E-state index contributed by atoms with van der Waals surface area (Å²) in [7, 11) is 2.13. The van der Waals surface area contributed by atoms with Crippen LogP contribution >= 0.6 is 0 Å². The molecular weight excluding hydrogens is 160 g/mol. The molecule has 0 saturated heterocycles. The minimum atomic E-state index is 0.712. The van der Waals surface area contributed by atoms with E-state index in [-0.39, 0.29) is 0 Å². The van der Waals surface area contributed by atoms with Gasteiger partial charge in [0.25, 0.3) is 5.82 Å². The van der Waals surface area contributed by atoms with Crippen LogP contribution in [0, 0.1) is 26.7 Å². The van der Waals surface area contributed by atoms with E-state index in [9.17, 15) is 0 Å². The van der Waals surface area contributed by atoms with Crippen LogP contribution in [-0.4, -0.2) is 4.57 Å². The van der Waals surface area contributed by atoms with Crippen molar-refractivity contribution in [2.75, 3.05) is 0 Å². The molecule has 0 unspecified atom stereocenters. The largest absolute Gasteiger partial charge is 0.253 e. The van der Waals surface area contributed by atoms with Gasteiger partial charge in [-0.25, -0.2) is 9.13 Å². The van der Waals surface area contributed by atoms with Crippen molar-refractivity contribution in [3.05, 3.63) is 17.2 Å². The first-order chi connectivity index (χ1) is 5.95. The molecule has 0 aliphatic heterocycles. The van der Waals surface area contributed by atoms with E-state index < -0.39 is 0 Å². The van der Waals surface area contributed by atoms with E-state index in [1.165, 1.54) is 17.2 Å². The van der Waals surface area contributed by atoms with Crippen molar-refractivity contribution in [3.63, 3.8) is 0 Å². The van der Waals surface area contributed by atoms with Crippen molar-refractivity contribution < 1.29 is 4.57 Å². The fourth-order valence-corrected chi connectivity index (χ4v) is 1.74. The lowest BCUT2D eigenvalue weighted by molar-refractivity contribution is -0.683. The second-order valence-electron chi connectivity index (χ2n) is 4.28. The van der Waals surface area contributed by atoms with Crippen molar-refractivity contribution >= 4 is 0 Å².